The van der Waals surface area contributed by atoms with Gasteiger partial charge < -0.3 is 16.0 Å². The normalized spacial score (nSPS) is 12.3. The maximum Gasteiger partial charge on any atom is 0.228 e. The number of carbonyl (C=O) groups is 1. The van der Waals surface area contributed by atoms with E-state index in [1.165, 1.54) is 49.9 Å². The van der Waals surface area contributed by atoms with E-state index in [1.807, 2.05) is 0 Å². The molecule has 3 N–H and O–H groups in total. The molecule has 0 fully saturated rings. The number of alkyl halides is 3. The van der Waals surface area contributed by atoms with Crippen molar-refractivity contribution in [2.24, 2.45) is 0 Å². The van der Waals surface area contributed by atoms with E-state index >= 15 is 0 Å². The summed E-state index contributed by atoms with van der Waals surface area (Å²) in [5, 5.41) is 8.42. The van der Waals surface area contributed by atoms with Gasteiger partial charge in [-0.3, -0.25) is 4.79 Å². The molecule has 0 aliphatic rings. The van der Waals surface area contributed by atoms with Crippen LogP contribution in [0.3, 0.4) is 0 Å². The molecule has 1 aromatic rings. The summed E-state index contributed by atoms with van der Waals surface area (Å²) in [6.07, 6.45) is 7.13. The highest BCUT2D eigenvalue weighted by atomic mass is 35.6. The molecule has 0 saturated carbocycles. The van der Waals surface area contributed by atoms with Gasteiger partial charge >= 0.3 is 0 Å². The third-order valence-electron chi connectivity index (χ3n) is 4.02. The fraction of sp³-hybridized carbons (Fsp3) is 0.579. The van der Waals surface area contributed by atoms with Crippen LogP contribution in [-0.2, 0) is 4.79 Å². The Hall–Kier alpha value is -0.820. The van der Waals surface area contributed by atoms with E-state index in [9.17, 15) is 9.18 Å². The van der Waals surface area contributed by atoms with Crippen LogP contribution < -0.4 is 16.0 Å². The summed E-state index contributed by atoms with van der Waals surface area (Å²) in [5.74, 6) is -0.580. The number of halogens is 4. The van der Waals surface area contributed by atoms with Gasteiger partial charge in [-0.2, -0.15) is 0 Å². The zero-order valence-electron chi connectivity index (χ0n) is 15.9. The number of hydrogen-bond acceptors (Lipinski definition) is 2. The Labute approximate surface area is 186 Å². The summed E-state index contributed by atoms with van der Waals surface area (Å²) < 4.78 is 11.2. The molecule has 1 rings (SSSR count). The molecule has 0 aliphatic heterocycles. The number of thiocarbonyl (C=S) groups is 1. The second-order valence-corrected chi connectivity index (χ2v) is 9.30. The molecule has 0 aliphatic carbocycles. The van der Waals surface area contributed by atoms with Crippen molar-refractivity contribution in [3.05, 3.63) is 30.1 Å². The zero-order chi connectivity index (χ0) is 21.0. The highest BCUT2D eigenvalue weighted by Gasteiger charge is 2.34. The third-order valence-corrected chi connectivity index (χ3v) is 4.89. The van der Waals surface area contributed by atoms with Crippen LogP contribution in [0.2, 0.25) is 0 Å². The van der Waals surface area contributed by atoms with E-state index in [0.717, 1.165) is 19.3 Å². The summed E-state index contributed by atoms with van der Waals surface area (Å²) >= 11 is 23.1. The molecule has 1 amide bonds. The average Bonchev–Trinajstić information content (AvgIpc) is 2.61. The summed E-state index contributed by atoms with van der Waals surface area (Å²) in [7, 11) is 0. The summed E-state index contributed by atoms with van der Waals surface area (Å²) in [4.78, 5) is 12.2. The lowest BCUT2D eigenvalue weighted by Gasteiger charge is -2.27. The zero-order valence-corrected chi connectivity index (χ0v) is 19.0. The van der Waals surface area contributed by atoms with Gasteiger partial charge in [0.1, 0.15) is 12.0 Å². The van der Waals surface area contributed by atoms with Gasteiger partial charge in [0, 0.05) is 12.1 Å². The molecule has 1 aromatic carbocycles. The van der Waals surface area contributed by atoms with Crippen LogP contribution >= 0.6 is 47.0 Å². The highest BCUT2D eigenvalue weighted by Crippen LogP contribution is 2.29. The maximum absolute atomic E-state index is 13.0. The Kier molecular flexibility index (Phi) is 12.1. The summed E-state index contributed by atoms with van der Waals surface area (Å²) in [6, 6.07) is 5.63. The van der Waals surface area contributed by atoms with Crippen molar-refractivity contribution in [3.63, 3.8) is 0 Å². The van der Waals surface area contributed by atoms with E-state index in [4.69, 9.17) is 47.0 Å². The first-order chi connectivity index (χ1) is 13.2. The first kappa shape index (κ1) is 25.2. The van der Waals surface area contributed by atoms with E-state index in [2.05, 4.69) is 22.9 Å². The lowest BCUT2D eigenvalue weighted by Crippen LogP contribution is -2.56. The molecule has 0 spiro atoms. The number of hydrogen-bond donors (Lipinski definition) is 3. The smallest absolute Gasteiger partial charge is 0.228 e. The van der Waals surface area contributed by atoms with Crippen molar-refractivity contribution >= 4 is 63.7 Å². The number of carbonyl (C=O) groups excluding carboxylic acids is 1. The van der Waals surface area contributed by atoms with E-state index in [0.29, 0.717) is 12.1 Å². The standard InChI is InChI=1S/C19H27Cl3FN3OS/c1-2-3-4-5-6-7-8-9-16(27)25-17(19(20,21)22)26-18(28)24-15-12-10-14(23)11-13-15/h10-13,17H,2-9H2,1H3,(H,25,27)(H2,24,26,28). The Morgan fingerprint density at radius 1 is 1.04 bits per heavy atom. The van der Waals surface area contributed by atoms with Crippen molar-refractivity contribution in [1.29, 1.82) is 0 Å². The number of benzene rings is 1. The van der Waals surface area contributed by atoms with E-state index < -0.39 is 9.96 Å². The van der Waals surface area contributed by atoms with Gasteiger partial charge in [0.05, 0.1) is 0 Å². The van der Waals surface area contributed by atoms with Crippen LogP contribution in [0.4, 0.5) is 10.1 Å². The van der Waals surface area contributed by atoms with Crippen LogP contribution in [0, 0.1) is 5.82 Å². The van der Waals surface area contributed by atoms with Gasteiger partial charge in [0.2, 0.25) is 9.70 Å². The second-order valence-electron chi connectivity index (χ2n) is 6.52. The third kappa shape index (κ3) is 11.2. The molecule has 4 nitrogen and oxygen atoms in total. The molecule has 1 unspecified atom stereocenters. The van der Waals surface area contributed by atoms with Crippen LogP contribution in [0.15, 0.2) is 24.3 Å². The quantitative estimate of drug-likeness (QED) is 0.159. The number of amides is 1. The van der Waals surface area contributed by atoms with E-state index in [1.54, 1.807) is 0 Å². The monoisotopic (exact) mass is 469 g/mol. The summed E-state index contributed by atoms with van der Waals surface area (Å²) in [5.41, 5.74) is 0.566. The maximum atomic E-state index is 13.0. The highest BCUT2D eigenvalue weighted by molar-refractivity contribution is 7.80. The van der Waals surface area contributed by atoms with Crippen molar-refractivity contribution in [2.45, 2.75) is 68.2 Å². The molecule has 158 valence electrons. The lowest BCUT2D eigenvalue weighted by atomic mass is 10.1. The van der Waals surface area contributed by atoms with Gasteiger partial charge in [-0.05, 0) is 42.9 Å². The molecule has 0 saturated heterocycles. The molecular formula is C19H27Cl3FN3OS. The number of unbranched alkanes of at least 4 members (excludes halogenated alkanes) is 6. The molecule has 1 atom stereocenters. The largest absolute Gasteiger partial charge is 0.339 e. The molecule has 0 radical (unpaired) electrons. The second kappa shape index (κ2) is 13.4. The van der Waals surface area contributed by atoms with Gasteiger partial charge in [-0.25, -0.2) is 4.39 Å². The predicted molar refractivity (Wildman–Crippen MR) is 121 cm³/mol. The number of rotatable bonds is 11. The van der Waals surface area contributed by atoms with Gasteiger partial charge in [-0.15, -0.1) is 0 Å². The minimum absolute atomic E-state index is 0.138. The summed E-state index contributed by atoms with van der Waals surface area (Å²) in [6.45, 7) is 2.18. The van der Waals surface area contributed by atoms with E-state index in [-0.39, 0.29) is 16.8 Å². The molecule has 9 heteroatoms. The lowest BCUT2D eigenvalue weighted by molar-refractivity contribution is -0.122. The van der Waals surface area contributed by atoms with Gasteiger partial charge in [0.15, 0.2) is 5.11 Å². The fourth-order valence-corrected chi connectivity index (χ4v) is 3.07. The minimum Gasteiger partial charge on any atom is -0.339 e. The molecule has 0 aromatic heterocycles. The Balaban J connectivity index is 2.42. The molecule has 0 bridgehead atoms. The fourth-order valence-electron chi connectivity index (χ4n) is 2.51. The number of nitrogens with one attached hydrogen (secondary N) is 3. The van der Waals surface area contributed by atoms with Crippen molar-refractivity contribution < 1.29 is 9.18 Å². The van der Waals surface area contributed by atoms with Crippen LogP contribution in [0.25, 0.3) is 0 Å². The Morgan fingerprint density at radius 3 is 2.18 bits per heavy atom. The van der Waals surface area contributed by atoms with Crippen LogP contribution in [0.1, 0.15) is 58.3 Å². The van der Waals surface area contributed by atoms with Crippen LogP contribution in [0.5, 0.6) is 0 Å². The van der Waals surface area contributed by atoms with Crippen molar-refractivity contribution in [3.8, 4) is 0 Å². The Bertz CT molecular complexity index is 611. The number of anilines is 1. The minimum atomic E-state index is -1.80. The molecular weight excluding hydrogens is 444 g/mol. The first-order valence-electron chi connectivity index (χ1n) is 9.41. The predicted octanol–water partition coefficient (Wildman–Crippen LogP) is 6.07. The first-order valence-corrected chi connectivity index (χ1v) is 11.0. The molecule has 28 heavy (non-hydrogen) atoms. The molecule has 0 heterocycles. The van der Waals surface area contributed by atoms with Crippen molar-refractivity contribution in [2.75, 3.05) is 5.32 Å². The average molecular weight is 471 g/mol. The SMILES string of the molecule is CCCCCCCCCC(=O)NC(NC(=S)Nc1ccc(F)cc1)C(Cl)(Cl)Cl. The van der Waals surface area contributed by atoms with Crippen molar-refractivity contribution in [1.82, 2.24) is 10.6 Å². The Morgan fingerprint density at radius 2 is 1.61 bits per heavy atom. The van der Waals surface area contributed by atoms with Gasteiger partial charge in [0.25, 0.3) is 0 Å². The van der Waals surface area contributed by atoms with Gasteiger partial charge in [-0.1, -0.05) is 80.3 Å². The topological polar surface area (TPSA) is 53.2 Å². The van der Waals surface area contributed by atoms with Crippen LogP contribution in [-0.4, -0.2) is 21.0 Å².